The number of nitro groups is 1. The van der Waals surface area contributed by atoms with E-state index in [9.17, 15) is 10.1 Å². The highest BCUT2D eigenvalue weighted by Crippen LogP contribution is 2.22. The summed E-state index contributed by atoms with van der Waals surface area (Å²) in [6.45, 7) is 0.601. The van der Waals surface area contributed by atoms with Crippen molar-refractivity contribution in [3.63, 3.8) is 0 Å². The predicted molar refractivity (Wildman–Crippen MR) is 42.5 cm³/mol. The third-order valence-electron chi connectivity index (χ3n) is 1.17. The molecule has 0 radical (unpaired) electrons. The fourth-order valence-corrected chi connectivity index (χ4v) is 0.342. The molecule has 2 N–H and O–H groups in total. The molecule has 0 aliphatic carbocycles. The van der Waals surface area contributed by atoms with Gasteiger partial charge in [0, 0.05) is 27.5 Å². The van der Waals surface area contributed by atoms with Gasteiger partial charge in [0.2, 0.25) is 0 Å². The summed E-state index contributed by atoms with van der Waals surface area (Å²) < 4.78 is -1.65. The van der Waals surface area contributed by atoms with E-state index in [0.29, 0.717) is 0 Å². The van der Waals surface area contributed by atoms with Gasteiger partial charge < -0.3 is 10.2 Å². The van der Waals surface area contributed by atoms with Crippen LogP contribution >= 0.6 is 22.6 Å². The molecule has 0 aromatic rings. The fourth-order valence-electron chi connectivity index (χ4n) is 0.342. The molecule has 0 aromatic heterocycles. The summed E-state index contributed by atoms with van der Waals surface area (Å²) in [5, 5.41) is 27.5. The molecule has 60 valence electrons. The molecule has 0 rings (SSSR count). The van der Waals surface area contributed by atoms with Gasteiger partial charge in [-0.25, -0.2) is 0 Å². The lowest BCUT2D eigenvalue weighted by Gasteiger charge is -2.18. The third-order valence-corrected chi connectivity index (χ3v) is 2.80. The zero-order valence-corrected chi connectivity index (χ0v) is 7.48. The number of halogens is 1. The molecule has 0 saturated carbocycles. The van der Waals surface area contributed by atoms with Gasteiger partial charge in [-0.1, -0.05) is 0 Å². The molecular formula is C4H8INO4. The highest BCUT2D eigenvalue weighted by molar-refractivity contribution is 14.1. The van der Waals surface area contributed by atoms with Crippen LogP contribution in [0.2, 0.25) is 0 Å². The number of aliphatic hydroxyl groups excluding tert-OH is 2. The second-order valence-electron chi connectivity index (χ2n) is 1.91. The normalized spacial score (nSPS) is 19.6. The minimum absolute atomic E-state index is 0.668. The zero-order chi connectivity index (χ0) is 8.36. The van der Waals surface area contributed by atoms with Gasteiger partial charge in [-0.2, -0.15) is 0 Å². The lowest BCUT2D eigenvalue weighted by atomic mass is 10.2. The number of hydrogen-bond acceptors (Lipinski definition) is 4. The highest BCUT2D eigenvalue weighted by atomic mass is 127. The Morgan fingerprint density at radius 2 is 2.30 bits per heavy atom. The number of rotatable bonds is 3. The standard InChI is InChI=1S/C4H8INO4/c1-3(8)4(5,2-7)6(9)10/h3,7-8H,2H2,1H3. The predicted octanol–water partition coefficient (Wildman–Crippen LogP) is -0.233. The van der Waals surface area contributed by atoms with Crippen LogP contribution in [0.5, 0.6) is 0 Å². The van der Waals surface area contributed by atoms with Crippen LogP contribution in [0.1, 0.15) is 6.92 Å². The molecule has 0 spiro atoms. The second-order valence-corrected chi connectivity index (χ2v) is 3.78. The SMILES string of the molecule is CC(O)C(I)(CO)[N+](=O)[O-]. The van der Waals surface area contributed by atoms with Gasteiger partial charge in [-0.05, 0) is 6.92 Å². The Kier molecular flexibility index (Phi) is 3.46. The Labute approximate surface area is 71.3 Å². The van der Waals surface area contributed by atoms with Crippen molar-refractivity contribution in [3.05, 3.63) is 10.1 Å². The summed E-state index contributed by atoms with van der Waals surface area (Å²) in [4.78, 5) is 9.48. The van der Waals surface area contributed by atoms with Gasteiger partial charge in [-0.3, -0.25) is 10.1 Å². The molecular weight excluding hydrogens is 253 g/mol. The van der Waals surface area contributed by atoms with Crippen molar-refractivity contribution < 1.29 is 15.1 Å². The maximum Gasteiger partial charge on any atom is 0.316 e. The first kappa shape index (κ1) is 10.0. The van der Waals surface area contributed by atoms with E-state index < -0.39 is 21.2 Å². The summed E-state index contributed by atoms with van der Waals surface area (Å²) in [6, 6.07) is 0. The molecule has 2 atom stereocenters. The van der Waals surface area contributed by atoms with Crippen molar-refractivity contribution in [2.45, 2.75) is 16.6 Å². The average molecular weight is 261 g/mol. The van der Waals surface area contributed by atoms with Gasteiger partial charge >= 0.3 is 3.55 Å². The lowest BCUT2D eigenvalue weighted by Crippen LogP contribution is -2.45. The van der Waals surface area contributed by atoms with Crippen molar-refractivity contribution >= 4 is 22.6 Å². The van der Waals surface area contributed by atoms with Crippen LogP contribution in [0.15, 0.2) is 0 Å². The summed E-state index contributed by atoms with van der Waals surface area (Å²) in [5.74, 6) is 0. The fraction of sp³-hybridized carbons (Fsp3) is 1.00. The summed E-state index contributed by atoms with van der Waals surface area (Å²) >= 11 is 1.42. The van der Waals surface area contributed by atoms with Crippen LogP contribution in [0, 0.1) is 10.1 Å². The Morgan fingerprint density at radius 1 is 1.90 bits per heavy atom. The van der Waals surface area contributed by atoms with Crippen LogP contribution in [-0.2, 0) is 0 Å². The van der Waals surface area contributed by atoms with Crippen LogP contribution in [0.25, 0.3) is 0 Å². The van der Waals surface area contributed by atoms with Crippen LogP contribution in [-0.4, -0.2) is 31.4 Å². The van der Waals surface area contributed by atoms with Gasteiger partial charge in [0.05, 0.1) is 0 Å². The number of hydrogen-bond donors (Lipinski definition) is 2. The maximum atomic E-state index is 10.2. The summed E-state index contributed by atoms with van der Waals surface area (Å²) in [6.07, 6.45) is -1.16. The molecule has 0 bridgehead atoms. The number of alkyl halides is 1. The van der Waals surface area contributed by atoms with Crippen molar-refractivity contribution in [1.29, 1.82) is 0 Å². The third kappa shape index (κ3) is 1.77. The van der Waals surface area contributed by atoms with Crippen molar-refractivity contribution in [2.24, 2.45) is 0 Å². The second kappa shape index (κ2) is 3.44. The van der Waals surface area contributed by atoms with Gasteiger partial charge in [0.1, 0.15) is 12.7 Å². The van der Waals surface area contributed by atoms with Crippen molar-refractivity contribution in [3.8, 4) is 0 Å². The van der Waals surface area contributed by atoms with E-state index in [1.807, 2.05) is 0 Å². The van der Waals surface area contributed by atoms with Crippen LogP contribution in [0.4, 0.5) is 0 Å². The van der Waals surface area contributed by atoms with Crippen LogP contribution < -0.4 is 0 Å². The van der Waals surface area contributed by atoms with E-state index in [4.69, 9.17) is 10.2 Å². The largest absolute Gasteiger partial charge is 0.388 e. The minimum Gasteiger partial charge on any atom is -0.388 e. The Morgan fingerprint density at radius 3 is 2.30 bits per heavy atom. The Hall–Kier alpha value is 0.0500. The van der Waals surface area contributed by atoms with E-state index in [0.717, 1.165) is 0 Å². The summed E-state index contributed by atoms with van der Waals surface area (Å²) in [7, 11) is 0. The van der Waals surface area contributed by atoms with Gasteiger partial charge in [0.25, 0.3) is 0 Å². The van der Waals surface area contributed by atoms with E-state index >= 15 is 0 Å². The van der Waals surface area contributed by atoms with E-state index in [-0.39, 0.29) is 0 Å². The Balaban J connectivity index is 4.38. The first-order chi connectivity index (χ1) is 4.45. The molecule has 0 aromatic carbocycles. The molecule has 2 unspecified atom stereocenters. The smallest absolute Gasteiger partial charge is 0.316 e. The molecule has 0 aliphatic rings. The molecule has 0 saturated heterocycles. The molecule has 10 heavy (non-hydrogen) atoms. The minimum atomic E-state index is -1.65. The molecule has 5 nitrogen and oxygen atoms in total. The molecule has 6 heteroatoms. The van der Waals surface area contributed by atoms with Crippen LogP contribution in [0.3, 0.4) is 0 Å². The average Bonchev–Trinajstić information content (AvgIpc) is 1.85. The highest BCUT2D eigenvalue weighted by Gasteiger charge is 2.44. The molecule has 0 heterocycles. The van der Waals surface area contributed by atoms with E-state index in [1.165, 1.54) is 29.5 Å². The molecule has 0 fully saturated rings. The number of nitrogens with zero attached hydrogens (tertiary/aromatic N) is 1. The van der Waals surface area contributed by atoms with E-state index in [2.05, 4.69) is 0 Å². The topological polar surface area (TPSA) is 83.6 Å². The molecule has 0 aliphatic heterocycles. The summed E-state index contributed by atoms with van der Waals surface area (Å²) in [5.41, 5.74) is 0. The zero-order valence-electron chi connectivity index (χ0n) is 5.32. The Bertz CT molecular complexity index is 139. The van der Waals surface area contributed by atoms with Crippen molar-refractivity contribution in [1.82, 2.24) is 0 Å². The maximum absolute atomic E-state index is 10.2. The quantitative estimate of drug-likeness (QED) is 0.241. The van der Waals surface area contributed by atoms with Gasteiger partial charge in [0.15, 0.2) is 0 Å². The van der Waals surface area contributed by atoms with Crippen molar-refractivity contribution in [2.75, 3.05) is 6.61 Å². The lowest BCUT2D eigenvalue weighted by molar-refractivity contribution is -0.545. The first-order valence-corrected chi connectivity index (χ1v) is 3.65. The monoisotopic (exact) mass is 261 g/mol. The first-order valence-electron chi connectivity index (χ1n) is 2.57. The molecule has 0 amide bonds. The van der Waals surface area contributed by atoms with Gasteiger partial charge in [-0.15, -0.1) is 0 Å². The number of aliphatic hydroxyl groups is 2. The van der Waals surface area contributed by atoms with E-state index in [1.54, 1.807) is 0 Å².